The molecule has 1 aromatic heterocycles. The molecular formula is C27H26N6OS. The summed E-state index contributed by atoms with van der Waals surface area (Å²) in [6.45, 7) is 4.31. The number of guanidine groups is 1. The van der Waals surface area contributed by atoms with Crippen molar-refractivity contribution in [3.05, 3.63) is 108 Å². The minimum absolute atomic E-state index is 0.380. The zero-order valence-corrected chi connectivity index (χ0v) is 20.3. The maximum absolute atomic E-state index is 5.84. The monoisotopic (exact) mass is 482 g/mol. The molecule has 0 amide bonds. The first-order chi connectivity index (χ1) is 17.0. The highest BCUT2D eigenvalue weighted by Gasteiger charge is 2.08. The third kappa shape index (κ3) is 7.62. The summed E-state index contributed by atoms with van der Waals surface area (Å²) in [6, 6.07) is 29.1. The second-order valence-corrected chi connectivity index (χ2v) is 8.18. The van der Waals surface area contributed by atoms with Crippen molar-refractivity contribution in [1.29, 1.82) is 0 Å². The van der Waals surface area contributed by atoms with Gasteiger partial charge in [-0.15, -0.1) is 0 Å². The summed E-state index contributed by atoms with van der Waals surface area (Å²) >= 11 is 5.53. The Labute approximate surface area is 210 Å². The van der Waals surface area contributed by atoms with Gasteiger partial charge in [0.1, 0.15) is 11.5 Å². The molecule has 8 heteroatoms. The number of aromatic nitrogens is 2. The quantitative estimate of drug-likeness (QED) is 0.181. The van der Waals surface area contributed by atoms with E-state index in [4.69, 9.17) is 17.0 Å². The van der Waals surface area contributed by atoms with Gasteiger partial charge in [0.15, 0.2) is 5.11 Å². The fourth-order valence-corrected chi connectivity index (χ4v) is 3.47. The number of hydrogen-bond donors (Lipinski definition) is 3. The SMILES string of the molecule is Cc1cc(C)nc(NC(=NCc2ccccc2)NC(=S)Nc2ccc(Oc3ccccc3)cc2)n1. The van der Waals surface area contributed by atoms with Crippen LogP contribution in [0.1, 0.15) is 17.0 Å². The minimum Gasteiger partial charge on any atom is -0.457 e. The molecule has 1 heterocycles. The molecule has 0 saturated carbocycles. The first-order valence-electron chi connectivity index (χ1n) is 11.1. The van der Waals surface area contributed by atoms with E-state index in [0.717, 1.165) is 34.1 Å². The lowest BCUT2D eigenvalue weighted by Gasteiger charge is -2.15. The minimum atomic E-state index is 0.380. The van der Waals surface area contributed by atoms with E-state index in [-0.39, 0.29) is 0 Å². The average Bonchev–Trinajstić information content (AvgIpc) is 2.84. The number of aryl methyl sites for hydroxylation is 2. The number of hydrogen-bond acceptors (Lipinski definition) is 5. The predicted octanol–water partition coefficient (Wildman–Crippen LogP) is 5.84. The van der Waals surface area contributed by atoms with Crippen LogP contribution in [-0.4, -0.2) is 21.0 Å². The summed E-state index contributed by atoms with van der Waals surface area (Å²) < 4.78 is 5.84. The number of aliphatic imine (C=N–C) groups is 1. The number of anilines is 2. The predicted molar refractivity (Wildman–Crippen MR) is 145 cm³/mol. The molecule has 4 aromatic rings. The summed E-state index contributed by atoms with van der Waals surface area (Å²) in [5, 5.41) is 9.83. The van der Waals surface area contributed by atoms with Crippen molar-refractivity contribution in [2.24, 2.45) is 4.99 Å². The van der Waals surface area contributed by atoms with Crippen LogP contribution in [0.25, 0.3) is 0 Å². The zero-order chi connectivity index (χ0) is 24.5. The summed E-state index contributed by atoms with van der Waals surface area (Å²) in [5.74, 6) is 2.41. The van der Waals surface area contributed by atoms with E-state index in [1.165, 1.54) is 0 Å². The Hall–Kier alpha value is -4.30. The van der Waals surface area contributed by atoms with Crippen molar-refractivity contribution in [1.82, 2.24) is 15.3 Å². The maximum atomic E-state index is 5.84. The highest BCUT2D eigenvalue weighted by Crippen LogP contribution is 2.22. The number of ether oxygens (including phenoxy) is 1. The van der Waals surface area contributed by atoms with E-state index >= 15 is 0 Å². The van der Waals surface area contributed by atoms with Crippen LogP contribution in [0.4, 0.5) is 11.6 Å². The molecule has 0 aliphatic heterocycles. The van der Waals surface area contributed by atoms with E-state index in [1.807, 2.05) is 105 Å². The lowest BCUT2D eigenvalue weighted by Crippen LogP contribution is -2.39. The Bertz CT molecular complexity index is 1270. The van der Waals surface area contributed by atoms with Gasteiger partial charge in [0.2, 0.25) is 11.9 Å². The van der Waals surface area contributed by atoms with Gasteiger partial charge >= 0.3 is 0 Å². The van der Waals surface area contributed by atoms with Crippen LogP contribution in [0, 0.1) is 13.8 Å². The number of thiocarbonyl (C=S) groups is 1. The largest absolute Gasteiger partial charge is 0.457 e. The van der Waals surface area contributed by atoms with Crippen LogP contribution in [0.2, 0.25) is 0 Å². The molecule has 7 nitrogen and oxygen atoms in total. The van der Waals surface area contributed by atoms with Crippen molar-refractivity contribution in [3.63, 3.8) is 0 Å². The van der Waals surface area contributed by atoms with Gasteiger partial charge in [-0.3, -0.25) is 5.32 Å². The Morgan fingerprint density at radius 2 is 1.40 bits per heavy atom. The van der Waals surface area contributed by atoms with E-state index in [2.05, 4.69) is 30.9 Å². The summed E-state index contributed by atoms with van der Waals surface area (Å²) in [5.41, 5.74) is 3.61. The fraction of sp³-hybridized carbons (Fsp3) is 0.111. The fourth-order valence-electron chi connectivity index (χ4n) is 3.25. The average molecular weight is 483 g/mol. The van der Waals surface area contributed by atoms with Gasteiger partial charge < -0.3 is 15.4 Å². The Morgan fingerprint density at radius 3 is 2.06 bits per heavy atom. The van der Waals surface area contributed by atoms with E-state index in [1.54, 1.807) is 0 Å². The molecular weight excluding hydrogens is 456 g/mol. The highest BCUT2D eigenvalue weighted by molar-refractivity contribution is 7.80. The van der Waals surface area contributed by atoms with Gasteiger partial charge in [0.25, 0.3) is 0 Å². The molecule has 176 valence electrons. The lowest BCUT2D eigenvalue weighted by molar-refractivity contribution is 0.483. The van der Waals surface area contributed by atoms with Crippen LogP contribution in [0.15, 0.2) is 96.0 Å². The number of nitrogens with zero attached hydrogens (tertiary/aromatic N) is 3. The molecule has 3 N–H and O–H groups in total. The molecule has 0 saturated heterocycles. The topological polar surface area (TPSA) is 83.5 Å². The summed E-state index contributed by atoms with van der Waals surface area (Å²) in [4.78, 5) is 13.5. The van der Waals surface area contributed by atoms with Gasteiger partial charge in [-0.1, -0.05) is 48.5 Å². The van der Waals surface area contributed by atoms with Gasteiger partial charge in [-0.2, -0.15) is 0 Å². The van der Waals surface area contributed by atoms with Crippen LogP contribution < -0.4 is 20.7 Å². The smallest absolute Gasteiger partial charge is 0.229 e. The third-order valence-electron chi connectivity index (χ3n) is 4.80. The number of para-hydroxylation sites is 1. The zero-order valence-electron chi connectivity index (χ0n) is 19.5. The molecule has 3 aromatic carbocycles. The van der Waals surface area contributed by atoms with Crippen LogP contribution in [-0.2, 0) is 6.54 Å². The maximum Gasteiger partial charge on any atom is 0.229 e. The molecule has 0 aliphatic carbocycles. The molecule has 35 heavy (non-hydrogen) atoms. The molecule has 0 unspecified atom stereocenters. The van der Waals surface area contributed by atoms with Crippen molar-refractivity contribution in [2.45, 2.75) is 20.4 Å². The molecule has 0 bridgehead atoms. The molecule has 0 atom stereocenters. The Balaban J connectivity index is 1.43. The first-order valence-corrected chi connectivity index (χ1v) is 11.5. The summed E-state index contributed by atoms with van der Waals surface area (Å²) in [6.07, 6.45) is 0. The van der Waals surface area contributed by atoms with Crippen LogP contribution in [0.5, 0.6) is 11.5 Å². The number of benzene rings is 3. The molecule has 4 rings (SSSR count). The molecule has 0 aliphatic rings. The van der Waals surface area contributed by atoms with Gasteiger partial charge in [0, 0.05) is 17.1 Å². The summed E-state index contributed by atoms with van der Waals surface area (Å²) in [7, 11) is 0. The second-order valence-electron chi connectivity index (χ2n) is 7.77. The van der Waals surface area contributed by atoms with Gasteiger partial charge in [0.05, 0.1) is 6.54 Å². The standard InChI is InChI=1S/C27H26N6OS/c1-19-17-20(2)30-26(29-19)32-25(28-18-21-9-5-3-6-10-21)33-27(35)31-22-13-15-24(16-14-22)34-23-11-7-4-8-12-23/h3-17H,18H2,1-2H3,(H3,28,29,30,31,32,33,35). The molecule has 0 fully saturated rings. The second kappa shape index (κ2) is 11.7. The van der Waals surface area contributed by atoms with E-state index < -0.39 is 0 Å². The normalized spacial score (nSPS) is 11.0. The van der Waals surface area contributed by atoms with Crippen molar-refractivity contribution < 1.29 is 4.74 Å². The van der Waals surface area contributed by atoms with Crippen molar-refractivity contribution in [2.75, 3.05) is 10.6 Å². The number of rotatable bonds is 6. The van der Waals surface area contributed by atoms with Crippen molar-refractivity contribution >= 4 is 34.9 Å². The Morgan fingerprint density at radius 1 is 0.800 bits per heavy atom. The molecule has 0 spiro atoms. The lowest BCUT2D eigenvalue weighted by atomic mass is 10.2. The first kappa shape index (κ1) is 23.8. The van der Waals surface area contributed by atoms with E-state index in [9.17, 15) is 0 Å². The van der Waals surface area contributed by atoms with Crippen LogP contribution in [0.3, 0.4) is 0 Å². The van der Waals surface area contributed by atoms with Crippen LogP contribution >= 0.6 is 12.2 Å². The van der Waals surface area contributed by atoms with Gasteiger partial charge in [-0.25, -0.2) is 15.0 Å². The molecule has 0 radical (unpaired) electrons. The van der Waals surface area contributed by atoms with Gasteiger partial charge in [-0.05, 0) is 74.1 Å². The van der Waals surface area contributed by atoms with Crippen molar-refractivity contribution in [3.8, 4) is 11.5 Å². The highest BCUT2D eigenvalue weighted by atomic mass is 32.1. The Kier molecular flexibility index (Phi) is 7.98. The number of nitrogens with one attached hydrogen (secondary N) is 3. The van der Waals surface area contributed by atoms with E-state index in [0.29, 0.717) is 23.6 Å². The third-order valence-corrected chi connectivity index (χ3v) is 5.00.